The number of benzene rings is 2. The first kappa shape index (κ1) is 11.9. The Kier molecular flexibility index (Phi) is 4.34. The summed E-state index contributed by atoms with van der Waals surface area (Å²) < 4.78 is 0. The highest BCUT2D eigenvalue weighted by molar-refractivity contribution is 5.32. The van der Waals surface area contributed by atoms with Crippen molar-refractivity contribution < 1.29 is 5.32 Å². The molecule has 0 aliphatic rings. The van der Waals surface area contributed by atoms with Crippen LogP contribution in [0.3, 0.4) is 0 Å². The molecule has 0 aromatic heterocycles. The van der Waals surface area contributed by atoms with Crippen LogP contribution in [0.2, 0.25) is 0 Å². The van der Waals surface area contributed by atoms with Gasteiger partial charge >= 0.3 is 0 Å². The SMILES string of the molecule is [CH2-][NH2+]CCC(c1ccccc1)c1ccccc1. The highest BCUT2D eigenvalue weighted by atomic mass is 14.8. The fourth-order valence-electron chi connectivity index (χ4n) is 2.18. The van der Waals surface area contributed by atoms with Crippen molar-refractivity contribution in [2.75, 3.05) is 6.54 Å². The van der Waals surface area contributed by atoms with Crippen LogP contribution in [0.15, 0.2) is 60.7 Å². The predicted molar refractivity (Wildman–Crippen MR) is 71.5 cm³/mol. The summed E-state index contributed by atoms with van der Waals surface area (Å²) in [6.45, 7) is 1.05. The molecule has 2 N–H and O–H groups in total. The third-order valence-corrected chi connectivity index (χ3v) is 3.06. The van der Waals surface area contributed by atoms with Crippen LogP contribution in [-0.2, 0) is 0 Å². The van der Waals surface area contributed by atoms with Crippen molar-refractivity contribution in [3.05, 3.63) is 78.8 Å². The zero-order valence-corrected chi connectivity index (χ0v) is 10.0. The molecule has 2 aromatic rings. The van der Waals surface area contributed by atoms with Gasteiger partial charge in [0, 0.05) is 12.3 Å². The van der Waals surface area contributed by atoms with Crippen LogP contribution in [0.25, 0.3) is 0 Å². The maximum Gasteiger partial charge on any atom is 0.0524 e. The van der Waals surface area contributed by atoms with E-state index in [2.05, 4.69) is 67.7 Å². The Morgan fingerprint density at radius 3 is 1.71 bits per heavy atom. The monoisotopic (exact) mass is 225 g/mol. The minimum atomic E-state index is 0.482. The Balaban J connectivity index is 2.26. The zero-order valence-electron chi connectivity index (χ0n) is 10.0. The van der Waals surface area contributed by atoms with Crippen LogP contribution in [-0.4, -0.2) is 6.54 Å². The Bertz CT molecular complexity index is 382. The van der Waals surface area contributed by atoms with Crippen LogP contribution in [0, 0.1) is 7.05 Å². The summed E-state index contributed by atoms with van der Waals surface area (Å²) in [5.74, 6) is 0.482. The lowest BCUT2D eigenvalue weighted by molar-refractivity contribution is -0.596. The molecule has 0 saturated carbocycles. The molecular formula is C16H19N. The lowest BCUT2D eigenvalue weighted by Gasteiger charge is -2.17. The Morgan fingerprint density at radius 2 is 1.29 bits per heavy atom. The molecule has 0 spiro atoms. The molecule has 0 saturated heterocycles. The van der Waals surface area contributed by atoms with Gasteiger partial charge in [0.25, 0.3) is 0 Å². The predicted octanol–water partition coefficient (Wildman–Crippen LogP) is 2.56. The van der Waals surface area contributed by atoms with Crippen molar-refractivity contribution >= 4 is 0 Å². The molecule has 0 fully saturated rings. The van der Waals surface area contributed by atoms with Gasteiger partial charge in [-0.2, -0.15) is 7.05 Å². The number of hydrogen-bond donors (Lipinski definition) is 1. The first-order valence-corrected chi connectivity index (χ1v) is 6.12. The van der Waals surface area contributed by atoms with Gasteiger partial charge in [-0.3, -0.25) is 0 Å². The third-order valence-electron chi connectivity index (χ3n) is 3.06. The second-order valence-corrected chi connectivity index (χ2v) is 4.24. The average Bonchev–Trinajstić information content (AvgIpc) is 2.42. The highest BCUT2D eigenvalue weighted by Gasteiger charge is 2.13. The molecule has 1 nitrogen and oxygen atoms in total. The Labute approximate surface area is 103 Å². The minimum absolute atomic E-state index is 0.482. The summed E-state index contributed by atoms with van der Waals surface area (Å²) in [7, 11) is 3.82. The van der Waals surface area contributed by atoms with Crippen molar-refractivity contribution in [3.63, 3.8) is 0 Å². The number of hydrogen-bond acceptors (Lipinski definition) is 0. The fraction of sp³-hybridized carbons (Fsp3) is 0.188. The largest absolute Gasteiger partial charge is 0.479 e. The quantitative estimate of drug-likeness (QED) is 0.753. The Hall–Kier alpha value is -1.60. The lowest BCUT2D eigenvalue weighted by Crippen LogP contribution is -2.77. The van der Waals surface area contributed by atoms with Crippen LogP contribution >= 0.6 is 0 Å². The van der Waals surface area contributed by atoms with E-state index >= 15 is 0 Å². The maximum atomic E-state index is 3.82. The molecule has 0 atom stereocenters. The molecule has 0 unspecified atom stereocenters. The van der Waals surface area contributed by atoms with Crippen LogP contribution in [0.1, 0.15) is 23.5 Å². The number of quaternary nitrogens is 1. The van der Waals surface area contributed by atoms with Gasteiger partial charge in [0.15, 0.2) is 0 Å². The van der Waals surface area contributed by atoms with Gasteiger partial charge in [-0.1, -0.05) is 60.7 Å². The molecule has 0 heterocycles. The topological polar surface area (TPSA) is 16.6 Å². The fourth-order valence-corrected chi connectivity index (χ4v) is 2.18. The van der Waals surface area contributed by atoms with Crippen LogP contribution in [0.4, 0.5) is 0 Å². The Morgan fingerprint density at radius 1 is 0.824 bits per heavy atom. The van der Waals surface area contributed by atoms with Gasteiger partial charge in [-0.15, -0.1) is 0 Å². The maximum absolute atomic E-state index is 3.82. The smallest absolute Gasteiger partial charge is 0.0524 e. The van der Waals surface area contributed by atoms with E-state index < -0.39 is 0 Å². The van der Waals surface area contributed by atoms with Crippen molar-refractivity contribution in [2.24, 2.45) is 0 Å². The molecule has 17 heavy (non-hydrogen) atoms. The van der Waals surface area contributed by atoms with Gasteiger partial charge in [-0.25, -0.2) is 0 Å². The first-order valence-electron chi connectivity index (χ1n) is 6.12. The molecule has 88 valence electrons. The minimum Gasteiger partial charge on any atom is -0.479 e. The van der Waals surface area contributed by atoms with E-state index in [9.17, 15) is 0 Å². The van der Waals surface area contributed by atoms with Crippen molar-refractivity contribution in [3.8, 4) is 0 Å². The van der Waals surface area contributed by atoms with Crippen molar-refractivity contribution in [1.82, 2.24) is 0 Å². The first-order chi connectivity index (χ1) is 8.42. The highest BCUT2D eigenvalue weighted by Crippen LogP contribution is 2.26. The van der Waals surface area contributed by atoms with Gasteiger partial charge in [0.05, 0.1) is 6.54 Å². The molecule has 0 amide bonds. The summed E-state index contributed by atoms with van der Waals surface area (Å²) in [4.78, 5) is 0. The van der Waals surface area contributed by atoms with Crippen LogP contribution in [0.5, 0.6) is 0 Å². The molecule has 0 bridgehead atoms. The van der Waals surface area contributed by atoms with Crippen molar-refractivity contribution in [1.29, 1.82) is 0 Å². The standard InChI is InChI=1S/C16H19N/c1-17-13-12-16(14-8-4-2-5-9-14)15-10-6-3-7-11-15/h2-11,16H,1,12-13,17H2. The molecule has 2 rings (SSSR count). The van der Waals surface area contributed by atoms with E-state index in [0.717, 1.165) is 13.0 Å². The second-order valence-electron chi connectivity index (χ2n) is 4.24. The van der Waals surface area contributed by atoms with Gasteiger partial charge in [0.1, 0.15) is 0 Å². The van der Waals surface area contributed by atoms with Crippen molar-refractivity contribution in [2.45, 2.75) is 12.3 Å². The van der Waals surface area contributed by atoms with Gasteiger partial charge < -0.3 is 5.32 Å². The second kappa shape index (κ2) is 6.21. The normalized spacial score (nSPS) is 10.7. The van der Waals surface area contributed by atoms with E-state index in [1.807, 2.05) is 5.32 Å². The lowest BCUT2D eigenvalue weighted by atomic mass is 9.88. The third kappa shape index (κ3) is 3.18. The van der Waals surface area contributed by atoms with E-state index in [1.54, 1.807) is 0 Å². The molecule has 0 aliphatic heterocycles. The molecule has 0 radical (unpaired) electrons. The molecule has 0 aliphatic carbocycles. The van der Waals surface area contributed by atoms with E-state index in [1.165, 1.54) is 11.1 Å². The summed E-state index contributed by atoms with van der Waals surface area (Å²) >= 11 is 0. The number of rotatable bonds is 5. The summed E-state index contributed by atoms with van der Waals surface area (Å²) in [5, 5.41) is 2.00. The van der Waals surface area contributed by atoms with Gasteiger partial charge in [0.2, 0.25) is 0 Å². The summed E-state index contributed by atoms with van der Waals surface area (Å²) in [6.07, 6.45) is 1.12. The zero-order chi connectivity index (χ0) is 11.9. The molecular weight excluding hydrogens is 206 g/mol. The molecule has 1 heteroatoms. The summed E-state index contributed by atoms with van der Waals surface area (Å²) in [5.41, 5.74) is 2.78. The van der Waals surface area contributed by atoms with E-state index in [4.69, 9.17) is 0 Å². The molecule has 2 aromatic carbocycles. The van der Waals surface area contributed by atoms with Crippen LogP contribution < -0.4 is 5.32 Å². The van der Waals surface area contributed by atoms with Gasteiger partial charge in [-0.05, 0) is 11.1 Å². The summed E-state index contributed by atoms with van der Waals surface area (Å²) in [6, 6.07) is 21.4. The van der Waals surface area contributed by atoms with E-state index in [0.29, 0.717) is 5.92 Å². The average molecular weight is 225 g/mol. The van der Waals surface area contributed by atoms with E-state index in [-0.39, 0.29) is 0 Å². The number of nitrogens with two attached hydrogens (primary N) is 1.